The minimum absolute atomic E-state index is 0.00936. The number of nitrogen functional groups attached to an aromatic ring is 1. The lowest BCUT2D eigenvalue weighted by Crippen LogP contribution is -2.17. The van der Waals surface area contributed by atoms with E-state index in [0.29, 0.717) is 22.5 Å². The van der Waals surface area contributed by atoms with Crippen molar-refractivity contribution in [2.24, 2.45) is 5.92 Å². The third-order valence-electron chi connectivity index (χ3n) is 4.17. The van der Waals surface area contributed by atoms with Crippen molar-refractivity contribution >= 4 is 16.9 Å². The van der Waals surface area contributed by atoms with Crippen LogP contribution in [0, 0.1) is 5.92 Å². The fraction of sp³-hybridized carbons (Fsp3) is 0.429. The number of rotatable bonds is 3. The van der Waals surface area contributed by atoms with Gasteiger partial charge in [-0.2, -0.15) is 10.2 Å². The Hall–Kier alpha value is -2.52. The van der Waals surface area contributed by atoms with Crippen molar-refractivity contribution in [2.45, 2.75) is 25.7 Å². The Balaban J connectivity index is 1.90. The molecule has 0 saturated carbocycles. The SMILES string of the molecule is C[C@H]1C[C@@H](CO)O[C@H]1n1nc(-c2ccn[nH]2)c2c(N)ncnc21. The molecule has 120 valence electrons. The van der Waals surface area contributed by atoms with E-state index in [4.69, 9.17) is 10.5 Å². The van der Waals surface area contributed by atoms with Crippen LogP contribution in [0.25, 0.3) is 22.4 Å². The molecule has 4 heterocycles. The van der Waals surface area contributed by atoms with Gasteiger partial charge in [0.15, 0.2) is 11.9 Å². The van der Waals surface area contributed by atoms with E-state index in [9.17, 15) is 5.11 Å². The molecule has 9 nitrogen and oxygen atoms in total. The van der Waals surface area contributed by atoms with Gasteiger partial charge >= 0.3 is 0 Å². The lowest BCUT2D eigenvalue weighted by Gasteiger charge is -2.16. The molecule has 0 aromatic carbocycles. The number of hydrogen-bond donors (Lipinski definition) is 3. The standard InChI is InChI=1S/C14H17N7O2/c1-7-4-8(5-22)23-14(7)21-13-10(12(15)16-6-17-13)11(20-21)9-2-3-18-19-9/h2-3,6-8,14,22H,4-5H2,1H3,(H,18,19)(H2,15,16,17)/t7-,8-,14+/m0/s1. The van der Waals surface area contributed by atoms with Crippen molar-refractivity contribution in [3.63, 3.8) is 0 Å². The second-order valence-corrected chi connectivity index (χ2v) is 5.77. The number of aliphatic hydroxyl groups is 1. The van der Waals surface area contributed by atoms with Gasteiger partial charge in [-0.05, 0) is 12.5 Å². The fourth-order valence-corrected chi connectivity index (χ4v) is 3.08. The molecule has 0 unspecified atom stereocenters. The normalized spacial score (nSPS) is 24.5. The number of anilines is 1. The van der Waals surface area contributed by atoms with Gasteiger partial charge in [0.1, 0.15) is 17.8 Å². The Morgan fingerprint density at radius 1 is 1.48 bits per heavy atom. The first-order valence-corrected chi connectivity index (χ1v) is 7.43. The first-order chi connectivity index (χ1) is 11.2. The average Bonchev–Trinajstić information content (AvgIpc) is 3.25. The maximum atomic E-state index is 9.35. The van der Waals surface area contributed by atoms with Crippen LogP contribution in [-0.2, 0) is 4.74 Å². The number of H-pyrrole nitrogens is 1. The van der Waals surface area contributed by atoms with Crippen LogP contribution in [0.15, 0.2) is 18.6 Å². The van der Waals surface area contributed by atoms with E-state index in [0.717, 1.165) is 12.1 Å². The van der Waals surface area contributed by atoms with Crippen LogP contribution in [0.4, 0.5) is 5.82 Å². The van der Waals surface area contributed by atoms with E-state index in [1.54, 1.807) is 10.9 Å². The number of aromatic nitrogens is 6. The molecule has 3 aromatic heterocycles. The van der Waals surface area contributed by atoms with Crippen molar-refractivity contribution in [2.75, 3.05) is 12.3 Å². The van der Waals surface area contributed by atoms with Crippen LogP contribution in [0.5, 0.6) is 0 Å². The van der Waals surface area contributed by atoms with Crippen LogP contribution in [-0.4, -0.2) is 47.8 Å². The monoisotopic (exact) mass is 315 g/mol. The second-order valence-electron chi connectivity index (χ2n) is 5.77. The summed E-state index contributed by atoms with van der Waals surface area (Å²) in [4.78, 5) is 8.40. The third-order valence-corrected chi connectivity index (χ3v) is 4.17. The van der Waals surface area contributed by atoms with Crippen molar-refractivity contribution in [3.8, 4) is 11.4 Å². The van der Waals surface area contributed by atoms with Crippen LogP contribution in [0.2, 0.25) is 0 Å². The van der Waals surface area contributed by atoms with Crippen LogP contribution < -0.4 is 5.73 Å². The van der Waals surface area contributed by atoms with E-state index < -0.39 is 0 Å². The molecule has 0 amide bonds. The maximum Gasteiger partial charge on any atom is 0.166 e. The highest BCUT2D eigenvalue weighted by Gasteiger charge is 2.35. The largest absolute Gasteiger partial charge is 0.394 e. The first kappa shape index (κ1) is 14.1. The molecule has 1 saturated heterocycles. The Morgan fingerprint density at radius 3 is 3.04 bits per heavy atom. The van der Waals surface area contributed by atoms with Gasteiger partial charge in [0.2, 0.25) is 0 Å². The number of nitrogens with two attached hydrogens (primary N) is 1. The molecule has 1 fully saturated rings. The Bertz CT molecular complexity index is 829. The van der Waals surface area contributed by atoms with E-state index in [-0.39, 0.29) is 24.9 Å². The van der Waals surface area contributed by atoms with Crippen LogP contribution >= 0.6 is 0 Å². The molecule has 3 atom stereocenters. The predicted molar refractivity (Wildman–Crippen MR) is 82.1 cm³/mol. The van der Waals surface area contributed by atoms with Crippen molar-refractivity contribution in [1.82, 2.24) is 29.9 Å². The number of aliphatic hydroxyl groups excluding tert-OH is 1. The summed E-state index contributed by atoms with van der Waals surface area (Å²) in [6.07, 6.45) is 3.33. The molecule has 23 heavy (non-hydrogen) atoms. The summed E-state index contributed by atoms with van der Waals surface area (Å²) in [5.74, 6) is 0.552. The highest BCUT2D eigenvalue weighted by Crippen LogP contribution is 2.38. The predicted octanol–water partition coefficient (Wildman–Crippen LogP) is 0.714. The average molecular weight is 315 g/mol. The topological polar surface area (TPSA) is 128 Å². The van der Waals surface area contributed by atoms with Gasteiger partial charge in [-0.1, -0.05) is 6.92 Å². The second kappa shape index (κ2) is 5.28. The number of ether oxygens (including phenoxy) is 1. The Kier molecular flexibility index (Phi) is 3.24. The molecule has 0 spiro atoms. The summed E-state index contributed by atoms with van der Waals surface area (Å²) in [5, 5.41) is 21.5. The number of aromatic amines is 1. The van der Waals surface area contributed by atoms with Gasteiger partial charge in [0.05, 0.1) is 23.8 Å². The Labute approximate surface area is 131 Å². The zero-order chi connectivity index (χ0) is 16.0. The molecule has 9 heteroatoms. The van der Waals surface area contributed by atoms with Crippen molar-refractivity contribution < 1.29 is 9.84 Å². The highest BCUT2D eigenvalue weighted by molar-refractivity contribution is 5.97. The van der Waals surface area contributed by atoms with Gasteiger partial charge in [0, 0.05) is 12.1 Å². The zero-order valence-electron chi connectivity index (χ0n) is 12.5. The van der Waals surface area contributed by atoms with Gasteiger partial charge in [-0.3, -0.25) is 5.10 Å². The zero-order valence-corrected chi connectivity index (χ0v) is 12.5. The van der Waals surface area contributed by atoms with Crippen molar-refractivity contribution in [3.05, 3.63) is 18.6 Å². The van der Waals surface area contributed by atoms with Crippen LogP contribution in [0.1, 0.15) is 19.6 Å². The first-order valence-electron chi connectivity index (χ1n) is 7.43. The van der Waals surface area contributed by atoms with E-state index >= 15 is 0 Å². The minimum atomic E-state index is -0.305. The van der Waals surface area contributed by atoms with Gasteiger partial charge in [0.25, 0.3) is 0 Å². The number of nitrogens with one attached hydrogen (secondary N) is 1. The maximum absolute atomic E-state index is 9.35. The number of nitrogens with zero attached hydrogens (tertiary/aromatic N) is 5. The summed E-state index contributed by atoms with van der Waals surface area (Å²) in [6, 6.07) is 1.81. The molecule has 4 rings (SSSR count). The van der Waals surface area contributed by atoms with Crippen molar-refractivity contribution in [1.29, 1.82) is 0 Å². The summed E-state index contributed by atoms with van der Waals surface area (Å²) < 4.78 is 7.64. The molecule has 1 aliphatic rings. The number of hydrogen-bond acceptors (Lipinski definition) is 7. The molecule has 1 aliphatic heterocycles. The minimum Gasteiger partial charge on any atom is -0.394 e. The molecular formula is C14H17N7O2. The molecule has 0 radical (unpaired) electrons. The van der Waals surface area contributed by atoms with E-state index in [1.165, 1.54) is 6.33 Å². The smallest absolute Gasteiger partial charge is 0.166 e. The highest BCUT2D eigenvalue weighted by atomic mass is 16.5. The third kappa shape index (κ3) is 2.16. The van der Waals surface area contributed by atoms with Gasteiger partial charge < -0.3 is 15.6 Å². The molecule has 0 aliphatic carbocycles. The fourth-order valence-electron chi connectivity index (χ4n) is 3.08. The molecule has 0 bridgehead atoms. The van der Waals surface area contributed by atoms with E-state index in [2.05, 4.69) is 32.2 Å². The quantitative estimate of drug-likeness (QED) is 0.649. The summed E-state index contributed by atoms with van der Waals surface area (Å²) in [5.41, 5.74) is 8.03. The molecule has 4 N–H and O–H groups in total. The van der Waals surface area contributed by atoms with Gasteiger partial charge in [-0.15, -0.1) is 0 Å². The Morgan fingerprint density at radius 2 is 2.35 bits per heavy atom. The van der Waals surface area contributed by atoms with E-state index in [1.807, 2.05) is 6.07 Å². The van der Waals surface area contributed by atoms with Crippen LogP contribution in [0.3, 0.4) is 0 Å². The lowest BCUT2D eigenvalue weighted by molar-refractivity contribution is -0.0353. The summed E-state index contributed by atoms with van der Waals surface area (Å²) >= 11 is 0. The van der Waals surface area contributed by atoms with Gasteiger partial charge in [-0.25, -0.2) is 14.6 Å². The molecular weight excluding hydrogens is 298 g/mol. The molecule has 3 aromatic rings. The summed E-state index contributed by atoms with van der Waals surface area (Å²) in [6.45, 7) is 2.05. The number of fused-ring (bicyclic) bond motifs is 1. The lowest BCUT2D eigenvalue weighted by atomic mass is 10.1. The summed E-state index contributed by atoms with van der Waals surface area (Å²) in [7, 11) is 0.